The van der Waals surface area contributed by atoms with Crippen molar-refractivity contribution < 1.29 is 9.53 Å². The fourth-order valence-corrected chi connectivity index (χ4v) is 1.74. The van der Waals surface area contributed by atoms with Gasteiger partial charge in [0.25, 0.3) is 0 Å². The van der Waals surface area contributed by atoms with Crippen LogP contribution in [0, 0.1) is 0 Å². The van der Waals surface area contributed by atoms with Gasteiger partial charge in [0.05, 0.1) is 11.6 Å². The molecule has 2 rings (SSSR count). The van der Waals surface area contributed by atoms with Gasteiger partial charge in [-0.2, -0.15) is 0 Å². The molecule has 0 saturated heterocycles. The van der Waals surface area contributed by atoms with E-state index in [2.05, 4.69) is 10.3 Å². The monoisotopic (exact) mass is 302 g/mol. The van der Waals surface area contributed by atoms with Gasteiger partial charge in [0, 0.05) is 12.3 Å². The molecule has 4 nitrogen and oxygen atoms in total. The number of hydrogen-bond donors (Lipinski definition) is 1. The predicted octanol–water partition coefficient (Wildman–Crippen LogP) is 3.79. The third-order valence-electron chi connectivity index (χ3n) is 2.60. The molecule has 2 aromatic rings. The number of nitrogens with one attached hydrogen (secondary N) is 1. The lowest BCUT2D eigenvalue weighted by molar-refractivity contribution is -0.111. The smallest absolute Gasteiger partial charge is 0.249 e. The van der Waals surface area contributed by atoms with Crippen molar-refractivity contribution in [3.05, 3.63) is 59.3 Å². The van der Waals surface area contributed by atoms with Gasteiger partial charge in [0.2, 0.25) is 5.91 Å². The van der Waals surface area contributed by atoms with Crippen molar-refractivity contribution in [2.75, 3.05) is 11.9 Å². The van der Waals surface area contributed by atoms with Crippen LogP contribution in [0.5, 0.6) is 5.75 Å². The Hall–Kier alpha value is -2.33. The molecule has 0 aliphatic carbocycles. The average molecular weight is 303 g/mol. The Morgan fingerprint density at radius 1 is 1.29 bits per heavy atom. The number of ether oxygens (including phenoxy) is 1. The van der Waals surface area contributed by atoms with Gasteiger partial charge in [-0.1, -0.05) is 23.7 Å². The summed E-state index contributed by atoms with van der Waals surface area (Å²) in [5, 5.41) is 3.18. The van der Waals surface area contributed by atoms with Gasteiger partial charge in [-0.05, 0) is 42.8 Å². The summed E-state index contributed by atoms with van der Waals surface area (Å²) in [6, 6.07) is 10.8. The molecular formula is C16H15ClN2O2. The Morgan fingerprint density at radius 3 is 2.67 bits per heavy atom. The van der Waals surface area contributed by atoms with Crippen LogP contribution in [0.25, 0.3) is 6.08 Å². The molecule has 0 unspecified atom stereocenters. The Balaban J connectivity index is 1.93. The largest absolute Gasteiger partial charge is 0.494 e. The number of aromatic nitrogens is 1. The first-order valence-corrected chi connectivity index (χ1v) is 6.88. The number of hydrogen-bond acceptors (Lipinski definition) is 3. The number of anilines is 1. The summed E-state index contributed by atoms with van der Waals surface area (Å²) in [4.78, 5) is 15.7. The van der Waals surface area contributed by atoms with Crippen molar-refractivity contribution >= 4 is 29.4 Å². The van der Waals surface area contributed by atoms with E-state index in [9.17, 15) is 4.79 Å². The van der Waals surface area contributed by atoms with E-state index >= 15 is 0 Å². The lowest BCUT2D eigenvalue weighted by Gasteiger charge is -2.02. The van der Waals surface area contributed by atoms with Crippen LogP contribution in [0.1, 0.15) is 12.5 Å². The van der Waals surface area contributed by atoms with Gasteiger partial charge in [-0.3, -0.25) is 4.79 Å². The molecule has 5 heteroatoms. The molecule has 0 aliphatic rings. The van der Waals surface area contributed by atoms with Crippen LogP contribution in [0.4, 0.5) is 5.82 Å². The second-order valence-corrected chi connectivity index (χ2v) is 4.62. The van der Waals surface area contributed by atoms with Gasteiger partial charge in [-0.25, -0.2) is 4.98 Å². The van der Waals surface area contributed by atoms with Gasteiger partial charge >= 0.3 is 0 Å². The maximum Gasteiger partial charge on any atom is 0.249 e. The molecule has 0 atom stereocenters. The van der Waals surface area contributed by atoms with E-state index in [1.54, 1.807) is 18.2 Å². The third-order valence-corrected chi connectivity index (χ3v) is 2.82. The molecule has 1 aromatic carbocycles. The van der Waals surface area contributed by atoms with Crippen LogP contribution in [-0.4, -0.2) is 17.5 Å². The minimum Gasteiger partial charge on any atom is -0.494 e. The van der Waals surface area contributed by atoms with E-state index < -0.39 is 0 Å². The number of benzene rings is 1. The highest BCUT2D eigenvalue weighted by Crippen LogP contribution is 2.13. The third kappa shape index (κ3) is 4.93. The van der Waals surface area contributed by atoms with Crippen LogP contribution < -0.4 is 10.1 Å². The SMILES string of the molecule is CCOc1ccc(/C=C/C(=O)Nc2ccc(Cl)cn2)cc1. The minimum atomic E-state index is -0.251. The van der Waals surface area contributed by atoms with Crippen molar-refractivity contribution in [3.63, 3.8) is 0 Å². The molecule has 0 fully saturated rings. The first-order chi connectivity index (χ1) is 10.2. The topological polar surface area (TPSA) is 51.2 Å². The van der Waals surface area contributed by atoms with Gasteiger partial charge < -0.3 is 10.1 Å². The molecular weight excluding hydrogens is 288 g/mol. The van der Waals surface area contributed by atoms with Gasteiger partial charge in [0.1, 0.15) is 11.6 Å². The molecule has 1 heterocycles. The molecule has 1 N–H and O–H groups in total. The molecule has 1 amide bonds. The first kappa shape index (κ1) is 15.1. The minimum absolute atomic E-state index is 0.251. The zero-order chi connectivity index (χ0) is 15.1. The van der Waals surface area contributed by atoms with Gasteiger partial charge in [0.15, 0.2) is 0 Å². The molecule has 1 aromatic heterocycles. The lowest BCUT2D eigenvalue weighted by atomic mass is 10.2. The number of carbonyl (C=O) groups excluding carboxylic acids is 1. The summed E-state index contributed by atoms with van der Waals surface area (Å²) in [6.45, 7) is 2.56. The van der Waals surface area contributed by atoms with Crippen molar-refractivity contribution in [3.8, 4) is 5.75 Å². The lowest BCUT2D eigenvalue weighted by Crippen LogP contribution is -2.08. The quantitative estimate of drug-likeness (QED) is 0.855. The predicted molar refractivity (Wildman–Crippen MR) is 84.5 cm³/mol. The molecule has 0 radical (unpaired) electrons. The Bertz CT molecular complexity index is 622. The van der Waals surface area contributed by atoms with E-state index in [-0.39, 0.29) is 5.91 Å². The zero-order valence-electron chi connectivity index (χ0n) is 11.5. The Morgan fingerprint density at radius 2 is 2.05 bits per heavy atom. The van der Waals surface area contributed by atoms with Crippen LogP contribution in [0.15, 0.2) is 48.7 Å². The zero-order valence-corrected chi connectivity index (χ0v) is 12.3. The molecule has 108 valence electrons. The Kier molecular flexibility index (Phi) is 5.35. The molecule has 21 heavy (non-hydrogen) atoms. The van der Waals surface area contributed by atoms with Gasteiger partial charge in [-0.15, -0.1) is 0 Å². The summed E-state index contributed by atoms with van der Waals surface area (Å²) < 4.78 is 5.35. The highest BCUT2D eigenvalue weighted by atomic mass is 35.5. The number of carbonyl (C=O) groups is 1. The highest BCUT2D eigenvalue weighted by Gasteiger charge is 1.99. The molecule has 0 aliphatic heterocycles. The first-order valence-electron chi connectivity index (χ1n) is 6.51. The van der Waals surface area contributed by atoms with Crippen molar-refractivity contribution in [1.29, 1.82) is 0 Å². The number of nitrogens with zero attached hydrogens (tertiary/aromatic N) is 1. The van der Waals surface area contributed by atoms with Crippen molar-refractivity contribution in [2.45, 2.75) is 6.92 Å². The van der Waals surface area contributed by atoms with Crippen LogP contribution in [0.2, 0.25) is 5.02 Å². The van der Waals surface area contributed by atoms with Crippen LogP contribution in [0.3, 0.4) is 0 Å². The van der Waals surface area contributed by atoms with Crippen LogP contribution in [-0.2, 0) is 4.79 Å². The number of rotatable bonds is 5. The summed E-state index contributed by atoms with van der Waals surface area (Å²) in [5.41, 5.74) is 0.915. The van der Waals surface area contributed by atoms with Crippen molar-refractivity contribution in [1.82, 2.24) is 4.98 Å². The fourth-order valence-electron chi connectivity index (χ4n) is 1.63. The summed E-state index contributed by atoms with van der Waals surface area (Å²) in [6.07, 6.45) is 4.65. The summed E-state index contributed by atoms with van der Waals surface area (Å²) in [5.74, 6) is 1.02. The normalized spacial score (nSPS) is 10.6. The maximum atomic E-state index is 11.7. The summed E-state index contributed by atoms with van der Waals surface area (Å²) >= 11 is 5.73. The van der Waals surface area contributed by atoms with Crippen LogP contribution >= 0.6 is 11.6 Å². The van der Waals surface area contributed by atoms with E-state index in [1.807, 2.05) is 31.2 Å². The molecule has 0 saturated carbocycles. The van der Waals surface area contributed by atoms with Crippen molar-refractivity contribution in [2.24, 2.45) is 0 Å². The Labute approximate surface area is 128 Å². The number of pyridine rings is 1. The standard InChI is InChI=1S/C16H15ClN2O2/c1-2-21-14-7-3-12(4-8-14)5-10-16(20)19-15-9-6-13(17)11-18-15/h3-11H,2H2,1H3,(H,18,19,20)/b10-5+. The maximum absolute atomic E-state index is 11.7. The molecule has 0 spiro atoms. The fraction of sp³-hybridized carbons (Fsp3) is 0.125. The highest BCUT2D eigenvalue weighted by molar-refractivity contribution is 6.30. The second-order valence-electron chi connectivity index (χ2n) is 4.19. The summed E-state index contributed by atoms with van der Waals surface area (Å²) in [7, 11) is 0. The number of halogens is 1. The van der Waals surface area contributed by atoms with E-state index in [0.717, 1.165) is 11.3 Å². The van der Waals surface area contributed by atoms with E-state index in [1.165, 1.54) is 12.3 Å². The average Bonchev–Trinajstić information content (AvgIpc) is 2.49. The second kappa shape index (κ2) is 7.45. The molecule has 0 bridgehead atoms. The van der Waals surface area contributed by atoms with E-state index in [0.29, 0.717) is 17.4 Å². The number of amides is 1. The van der Waals surface area contributed by atoms with E-state index in [4.69, 9.17) is 16.3 Å².